The molecule has 6 aromatic rings. The maximum absolute atomic E-state index is 14.2. The topological polar surface area (TPSA) is 182 Å². The van der Waals surface area contributed by atoms with Crippen LogP contribution in [0.15, 0.2) is 96.5 Å². The molecule has 358 valence electrons. The number of likely N-dealkylation sites (N-methyl/N-ethyl adjacent to an activating group) is 1. The first-order valence-corrected chi connectivity index (χ1v) is 24.8. The first-order chi connectivity index (χ1) is 32.5. The molecule has 5 N–H and O–H groups in total. The zero-order chi connectivity index (χ0) is 48.7. The van der Waals surface area contributed by atoms with Crippen LogP contribution < -0.4 is 15.4 Å². The predicted molar refractivity (Wildman–Crippen MR) is 268 cm³/mol. The van der Waals surface area contributed by atoms with Gasteiger partial charge in [-0.25, -0.2) is 4.98 Å². The molecule has 0 radical (unpaired) electrons. The average Bonchev–Trinajstić information content (AvgIpc) is 4.04. The number of unbranched alkanes of at least 4 members (excludes halogenated alkanes) is 1. The number of fused-ring (bicyclic) bond motifs is 1. The molecule has 0 aliphatic carbocycles. The van der Waals surface area contributed by atoms with Gasteiger partial charge in [-0.2, -0.15) is 0 Å². The summed E-state index contributed by atoms with van der Waals surface area (Å²) < 4.78 is 6.86. The predicted octanol–water partition coefficient (Wildman–Crippen LogP) is 8.88. The lowest BCUT2D eigenvalue weighted by molar-refractivity contribution is -0.144. The standard InChI is InChI=1S/C53H61N5O8S2/c1-7-57(26-27-66-41-22-17-35(18-23-41)47(63)46-42-24-21-39(60)29-44(42)68-49(46)37-15-19-38(59)20-16-37)25-9-8-10-45(62)56-50(53(4,5)6)52(65)58-30-40(61)28-43(58)51(64)55-32(2)34-11-13-36(14-12-34)48-33(3)54-31-67-48/h11-24,29,31-32,40,43,50,59-61H,7-10,25-28,30H2,1-6H3,(H,55,64)(H,56,62). The second kappa shape index (κ2) is 21.9. The number of aliphatic hydroxyl groups excluding tert-OH is 1. The smallest absolute Gasteiger partial charge is 0.246 e. The van der Waals surface area contributed by atoms with Crippen molar-refractivity contribution in [2.45, 2.75) is 91.5 Å². The highest BCUT2D eigenvalue weighted by Crippen LogP contribution is 2.42. The number of β-amino-alcohol motifs (C(OH)–C–C–N with tert-alkyl or cyclic N) is 1. The number of aromatic hydroxyl groups is 2. The molecular weight excluding hydrogens is 899 g/mol. The molecule has 68 heavy (non-hydrogen) atoms. The van der Waals surface area contributed by atoms with E-state index < -0.39 is 29.5 Å². The van der Waals surface area contributed by atoms with Crippen LogP contribution in [0.2, 0.25) is 0 Å². The van der Waals surface area contributed by atoms with E-state index in [1.165, 1.54) is 16.2 Å². The van der Waals surface area contributed by atoms with Crippen LogP contribution in [-0.4, -0.2) is 105 Å². The number of carbonyl (C=O) groups excluding carboxylic acids is 4. The summed E-state index contributed by atoms with van der Waals surface area (Å²) in [6, 6.07) is 24.6. The number of hydrogen-bond donors (Lipinski definition) is 5. The number of nitrogens with zero attached hydrogens (tertiary/aromatic N) is 3. The summed E-state index contributed by atoms with van der Waals surface area (Å²) in [4.78, 5) is 65.1. The Morgan fingerprint density at radius 3 is 2.22 bits per heavy atom. The van der Waals surface area contributed by atoms with Gasteiger partial charge in [-0.05, 0) is 129 Å². The largest absolute Gasteiger partial charge is 0.508 e. The first kappa shape index (κ1) is 49.8. The number of thiazole rings is 1. The van der Waals surface area contributed by atoms with E-state index in [1.54, 1.807) is 78.1 Å². The van der Waals surface area contributed by atoms with Gasteiger partial charge >= 0.3 is 0 Å². The molecule has 2 aromatic heterocycles. The Hall–Kier alpha value is -6.13. The summed E-state index contributed by atoms with van der Waals surface area (Å²) in [6.45, 7) is 14.2. The third-order valence-electron chi connectivity index (χ3n) is 12.5. The van der Waals surface area contributed by atoms with Crippen molar-refractivity contribution in [3.63, 3.8) is 0 Å². The molecular formula is C53H61N5O8S2. The zero-order valence-electron chi connectivity index (χ0n) is 39.5. The minimum absolute atomic E-state index is 0.00248. The Morgan fingerprint density at radius 2 is 1.56 bits per heavy atom. The number of amides is 3. The number of nitrogens with one attached hydrogen (secondary N) is 2. The van der Waals surface area contributed by atoms with E-state index in [9.17, 15) is 34.5 Å². The van der Waals surface area contributed by atoms with Crippen molar-refractivity contribution in [2.75, 3.05) is 32.8 Å². The Morgan fingerprint density at radius 1 is 0.882 bits per heavy atom. The van der Waals surface area contributed by atoms with Gasteiger partial charge in [0.25, 0.3) is 0 Å². The number of hydrogen-bond acceptors (Lipinski definition) is 12. The van der Waals surface area contributed by atoms with Crippen LogP contribution >= 0.6 is 22.7 Å². The van der Waals surface area contributed by atoms with E-state index >= 15 is 0 Å². The Kier molecular flexibility index (Phi) is 16.0. The van der Waals surface area contributed by atoms with Crippen molar-refractivity contribution in [1.29, 1.82) is 0 Å². The molecule has 4 aromatic carbocycles. The number of aliphatic hydroxyl groups is 1. The molecule has 4 atom stereocenters. The summed E-state index contributed by atoms with van der Waals surface area (Å²) >= 11 is 2.99. The van der Waals surface area contributed by atoms with Gasteiger partial charge in [-0.15, -0.1) is 22.7 Å². The quantitative estimate of drug-likeness (QED) is 0.0389. The first-order valence-electron chi connectivity index (χ1n) is 23.1. The van der Waals surface area contributed by atoms with Crippen LogP contribution in [0.3, 0.4) is 0 Å². The molecule has 3 heterocycles. The maximum atomic E-state index is 14.2. The van der Waals surface area contributed by atoms with Crippen LogP contribution in [0.25, 0.3) is 31.0 Å². The number of benzene rings is 4. The fourth-order valence-corrected chi connectivity index (χ4v) is 10.6. The summed E-state index contributed by atoms with van der Waals surface area (Å²) in [5.41, 5.74) is 5.90. The Balaban J connectivity index is 0.869. The SMILES string of the molecule is CCN(CCCCC(=O)NC(C(=O)N1CC(O)CC1C(=O)NC(C)c1ccc(-c2scnc2C)cc1)C(C)(C)C)CCOc1ccc(C(=O)c2c(-c3ccc(O)cc3)sc3cc(O)ccc23)cc1. The number of phenolic OH excluding ortho intramolecular Hbond substituents is 2. The van der Waals surface area contributed by atoms with Crippen molar-refractivity contribution >= 4 is 56.3 Å². The zero-order valence-corrected chi connectivity index (χ0v) is 41.1. The lowest BCUT2D eigenvalue weighted by Crippen LogP contribution is -2.57. The molecule has 0 bridgehead atoms. The lowest BCUT2D eigenvalue weighted by Gasteiger charge is -2.35. The minimum Gasteiger partial charge on any atom is -0.508 e. The normalized spacial score (nSPS) is 15.9. The number of phenols is 2. The number of ketones is 1. The van der Waals surface area contributed by atoms with Crippen LogP contribution in [0.4, 0.5) is 0 Å². The second-order valence-corrected chi connectivity index (χ2v) is 20.4. The van der Waals surface area contributed by atoms with E-state index in [2.05, 4.69) is 27.4 Å². The van der Waals surface area contributed by atoms with Crippen molar-refractivity contribution < 1.29 is 39.2 Å². The molecule has 0 saturated carbocycles. The van der Waals surface area contributed by atoms with E-state index in [4.69, 9.17) is 4.74 Å². The van der Waals surface area contributed by atoms with Crippen molar-refractivity contribution in [1.82, 2.24) is 25.4 Å². The number of thiophene rings is 1. The summed E-state index contributed by atoms with van der Waals surface area (Å²) in [7, 11) is 0. The fraction of sp³-hybridized carbons (Fsp3) is 0.377. The van der Waals surface area contributed by atoms with Gasteiger partial charge in [-0.3, -0.25) is 19.2 Å². The number of rotatable bonds is 19. The number of likely N-dealkylation sites (tertiary alicyclic amines) is 1. The number of aromatic nitrogens is 1. The van der Waals surface area contributed by atoms with E-state index in [1.807, 2.05) is 64.4 Å². The molecule has 1 aliphatic rings. The van der Waals surface area contributed by atoms with E-state index in [0.29, 0.717) is 36.4 Å². The van der Waals surface area contributed by atoms with Gasteiger partial charge < -0.3 is 40.5 Å². The molecule has 7 rings (SSSR count). The Labute approximate surface area is 405 Å². The molecule has 4 unspecified atom stereocenters. The van der Waals surface area contributed by atoms with Crippen LogP contribution in [0.5, 0.6) is 17.2 Å². The van der Waals surface area contributed by atoms with Crippen molar-refractivity contribution in [2.24, 2.45) is 5.41 Å². The van der Waals surface area contributed by atoms with E-state index in [0.717, 1.165) is 61.7 Å². The van der Waals surface area contributed by atoms with Crippen LogP contribution in [0.1, 0.15) is 93.5 Å². The maximum Gasteiger partial charge on any atom is 0.246 e. The highest BCUT2D eigenvalue weighted by atomic mass is 32.1. The van der Waals surface area contributed by atoms with Crippen LogP contribution in [-0.2, 0) is 14.4 Å². The summed E-state index contributed by atoms with van der Waals surface area (Å²) in [5.74, 6) is -0.274. The Bertz CT molecular complexity index is 2710. The molecule has 1 saturated heterocycles. The fourth-order valence-electron chi connectivity index (χ4n) is 8.56. The number of aryl methyl sites for hydroxylation is 1. The number of carbonyl (C=O) groups is 4. The van der Waals surface area contributed by atoms with Crippen LogP contribution in [0, 0.1) is 12.3 Å². The highest BCUT2D eigenvalue weighted by molar-refractivity contribution is 7.22. The van der Waals surface area contributed by atoms with Gasteiger partial charge in [0, 0.05) is 52.0 Å². The molecule has 1 fully saturated rings. The minimum atomic E-state index is -0.902. The van der Waals surface area contributed by atoms with Gasteiger partial charge in [0.2, 0.25) is 17.7 Å². The average molecular weight is 960 g/mol. The highest BCUT2D eigenvalue weighted by Gasteiger charge is 2.44. The van der Waals surface area contributed by atoms with E-state index in [-0.39, 0.29) is 54.5 Å². The summed E-state index contributed by atoms with van der Waals surface area (Å²) in [5, 5.41) is 37.4. The van der Waals surface area contributed by atoms with Gasteiger partial charge in [0.05, 0.1) is 28.2 Å². The van der Waals surface area contributed by atoms with Crippen molar-refractivity contribution in [3.8, 4) is 38.1 Å². The third kappa shape index (κ3) is 11.9. The third-order valence-corrected chi connectivity index (χ3v) is 14.6. The molecule has 1 aliphatic heterocycles. The summed E-state index contributed by atoms with van der Waals surface area (Å²) in [6.07, 6.45) is 0.827. The van der Waals surface area contributed by atoms with Gasteiger partial charge in [0.1, 0.15) is 35.9 Å². The second-order valence-electron chi connectivity index (χ2n) is 18.5. The number of ether oxygens (including phenoxy) is 1. The van der Waals surface area contributed by atoms with Crippen molar-refractivity contribution in [3.05, 3.63) is 119 Å². The van der Waals surface area contributed by atoms with Gasteiger partial charge in [-0.1, -0.05) is 52.0 Å². The lowest BCUT2D eigenvalue weighted by atomic mass is 9.85. The monoisotopic (exact) mass is 959 g/mol. The molecule has 0 spiro atoms. The molecule has 3 amide bonds. The van der Waals surface area contributed by atoms with Gasteiger partial charge in [0.15, 0.2) is 5.78 Å². The molecule has 15 heteroatoms. The molecule has 13 nitrogen and oxygen atoms in total.